The van der Waals surface area contributed by atoms with Crippen LogP contribution < -0.4 is 10.2 Å². The fourth-order valence-electron chi connectivity index (χ4n) is 2.53. The molecule has 19 heavy (non-hydrogen) atoms. The molecule has 1 aliphatic rings. The second kappa shape index (κ2) is 6.35. The fourth-order valence-corrected chi connectivity index (χ4v) is 2.53. The Morgan fingerprint density at radius 3 is 2.89 bits per heavy atom. The largest absolute Gasteiger partial charge is 0.391 e. The van der Waals surface area contributed by atoms with E-state index in [0.717, 1.165) is 30.9 Å². The Morgan fingerprint density at radius 1 is 1.53 bits per heavy atom. The van der Waals surface area contributed by atoms with Crippen LogP contribution in [0.4, 0.5) is 5.69 Å². The Balaban J connectivity index is 2.02. The highest BCUT2D eigenvalue weighted by atomic mass is 16.3. The van der Waals surface area contributed by atoms with Crippen molar-refractivity contribution in [2.45, 2.75) is 39.3 Å². The van der Waals surface area contributed by atoms with E-state index in [1.165, 1.54) is 0 Å². The standard InChI is InChI=1S/C15H25N3O/c1-4-16-12(3)14-6-5-13(9-17-14)18-8-7-11(2)15(19)10-18/h5-6,9,11-12,15-16,19H,4,7-8,10H2,1-3H3. The molecule has 3 unspecified atom stereocenters. The van der Waals surface area contributed by atoms with Crippen LogP contribution in [0, 0.1) is 5.92 Å². The SMILES string of the molecule is CCNC(C)c1ccc(N2CCC(C)C(O)C2)cn1. The van der Waals surface area contributed by atoms with Gasteiger partial charge in [-0.2, -0.15) is 0 Å². The van der Waals surface area contributed by atoms with Crippen LogP contribution in [-0.4, -0.2) is 35.8 Å². The number of anilines is 1. The zero-order valence-corrected chi connectivity index (χ0v) is 12.1. The molecule has 106 valence electrons. The van der Waals surface area contributed by atoms with Crippen LogP contribution in [0.3, 0.4) is 0 Å². The number of aliphatic hydroxyl groups excluding tert-OH is 1. The normalized spacial score (nSPS) is 25.4. The molecule has 0 aromatic carbocycles. The van der Waals surface area contributed by atoms with Gasteiger partial charge in [0.1, 0.15) is 0 Å². The Bertz CT molecular complexity index is 393. The topological polar surface area (TPSA) is 48.4 Å². The average molecular weight is 263 g/mol. The molecule has 1 aliphatic heterocycles. The van der Waals surface area contributed by atoms with Gasteiger partial charge < -0.3 is 15.3 Å². The van der Waals surface area contributed by atoms with Crippen LogP contribution in [0.2, 0.25) is 0 Å². The number of piperidine rings is 1. The third kappa shape index (κ3) is 3.45. The minimum Gasteiger partial charge on any atom is -0.391 e. The van der Waals surface area contributed by atoms with E-state index >= 15 is 0 Å². The summed E-state index contributed by atoms with van der Waals surface area (Å²) in [6.45, 7) is 8.99. The molecule has 0 amide bonds. The van der Waals surface area contributed by atoms with Gasteiger partial charge in [-0.15, -0.1) is 0 Å². The van der Waals surface area contributed by atoms with Gasteiger partial charge in [-0.25, -0.2) is 0 Å². The molecule has 2 heterocycles. The minimum atomic E-state index is -0.228. The van der Waals surface area contributed by atoms with Crippen LogP contribution in [0.1, 0.15) is 38.9 Å². The van der Waals surface area contributed by atoms with Crippen molar-refractivity contribution in [1.29, 1.82) is 0 Å². The van der Waals surface area contributed by atoms with Crippen LogP contribution in [0.15, 0.2) is 18.3 Å². The zero-order chi connectivity index (χ0) is 13.8. The summed E-state index contributed by atoms with van der Waals surface area (Å²) >= 11 is 0. The van der Waals surface area contributed by atoms with Crippen molar-refractivity contribution in [2.75, 3.05) is 24.5 Å². The van der Waals surface area contributed by atoms with Gasteiger partial charge in [0.25, 0.3) is 0 Å². The van der Waals surface area contributed by atoms with Crippen molar-refractivity contribution >= 4 is 5.69 Å². The molecule has 2 N–H and O–H groups in total. The average Bonchev–Trinajstić information content (AvgIpc) is 2.42. The molecule has 1 aromatic heterocycles. The number of rotatable bonds is 4. The maximum absolute atomic E-state index is 9.95. The molecule has 4 heteroatoms. The second-order valence-electron chi connectivity index (χ2n) is 5.50. The fraction of sp³-hybridized carbons (Fsp3) is 0.667. The number of pyridine rings is 1. The first-order valence-corrected chi connectivity index (χ1v) is 7.24. The van der Waals surface area contributed by atoms with E-state index < -0.39 is 0 Å². The van der Waals surface area contributed by atoms with Crippen molar-refractivity contribution in [3.05, 3.63) is 24.0 Å². The van der Waals surface area contributed by atoms with Gasteiger partial charge in [0.2, 0.25) is 0 Å². The molecule has 1 fully saturated rings. The molecule has 0 spiro atoms. The summed E-state index contributed by atoms with van der Waals surface area (Å²) in [7, 11) is 0. The second-order valence-corrected chi connectivity index (χ2v) is 5.50. The summed E-state index contributed by atoms with van der Waals surface area (Å²) in [4.78, 5) is 6.75. The highest BCUT2D eigenvalue weighted by Crippen LogP contribution is 2.23. The molecule has 3 atom stereocenters. The smallest absolute Gasteiger partial charge is 0.0741 e. The van der Waals surface area contributed by atoms with Crippen LogP contribution in [0.25, 0.3) is 0 Å². The minimum absolute atomic E-state index is 0.228. The Kier molecular flexibility index (Phi) is 4.77. The number of β-amino-alcohol motifs (C(OH)–C–C–N with tert-alkyl or cyclic N) is 1. The molecule has 2 rings (SSSR count). The number of hydrogen-bond donors (Lipinski definition) is 2. The van der Waals surface area contributed by atoms with Gasteiger partial charge >= 0.3 is 0 Å². The van der Waals surface area contributed by atoms with Crippen molar-refractivity contribution in [3.63, 3.8) is 0 Å². The molecular weight excluding hydrogens is 238 g/mol. The van der Waals surface area contributed by atoms with Crippen LogP contribution in [0.5, 0.6) is 0 Å². The molecule has 1 saturated heterocycles. The molecular formula is C15H25N3O. The highest BCUT2D eigenvalue weighted by molar-refractivity contribution is 5.45. The molecule has 0 saturated carbocycles. The van der Waals surface area contributed by atoms with E-state index in [2.05, 4.69) is 48.1 Å². The molecule has 1 aromatic rings. The number of nitrogens with one attached hydrogen (secondary N) is 1. The highest BCUT2D eigenvalue weighted by Gasteiger charge is 2.24. The number of hydrogen-bond acceptors (Lipinski definition) is 4. The molecule has 4 nitrogen and oxygen atoms in total. The number of nitrogens with zero attached hydrogens (tertiary/aromatic N) is 2. The van der Waals surface area contributed by atoms with Gasteiger partial charge in [-0.05, 0) is 37.9 Å². The van der Waals surface area contributed by atoms with Gasteiger partial charge in [0.15, 0.2) is 0 Å². The third-order valence-electron chi connectivity index (χ3n) is 4.01. The first-order valence-electron chi connectivity index (χ1n) is 7.24. The van der Waals surface area contributed by atoms with E-state index in [4.69, 9.17) is 0 Å². The lowest BCUT2D eigenvalue weighted by Gasteiger charge is -2.35. The lowest BCUT2D eigenvalue weighted by atomic mass is 9.96. The van der Waals surface area contributed by atoms with Crippen molar-refractivity contribution in [1.82, 2.24) is 10.3 Å². The van der Waals surface area contributed by atoms with E-state index in [1.807, 2.05) is 6.20 Å². The Morgan fingerprint density at radius 2 is 2.32 bits per heavy atom. The quantitative estimate of drug-likeness (QED) is 0.872. The monoisotopic (exact) mass is 263 g/mol. The molecule has 0 aliphatic carbocycles. The van der Waals surface area contributed by atoms with Crippen LogP contribution >= 0.6 is 0 Å². The van der Waals surface area contributed by atoms with E-state index in [9.17, 15) is 5.11 Å². The lowest BCUT2D eigenvalue weighted by Crippen LogP contribution is -2.42. The Labute approximate surface area is 115 Å². The van der Waals surface area contributed by atoms with Gasteiger partial charge in [0.05, 0.1) is 23.7 Å². The lowest BCUT2D eigenvalue weighted by molar-refractivity contribution is 0.103. The number of aliphatic hydroxyl groups is 1. The van der Waals surface area contributed by atoms with Crippen molar-refractivity contribution < 1.29 is 5.11 Å². The zero-order valence-electron chi connectivity index (χ0n) is 12.1. The predicted molar refractivity (Wildman–Crippen MR) is 78.3 cm³/mol. The Hall–Kier alpha value is -1.13. The first-order chi connectivity index (χ1) is 9.11. The van der Waals surface area contributed by atoms with Gasteiger partial charge in [-0.1, -0.05) is 13.8 Å². The molecule has 0 radical (unpaired) electrons. The van der Waals surface area contributed by atoms with E-state index in [1.54, 1.807) is 0 Å². The van der Waals surface area contributed by atoms with Crippen molar-refractivity contribution in [2.24, 2.45) is 5.92 Å². The summed E-state index contributed by atoms with van der Waals surface area (Å²) < 4.78 is 0. The number of aromatic nitrogens is 1. The van der Waals surface area contributed by atoms with Crippen molar-refractivity contribution in [3.8, 4) is 0 Å². The first kappa shape index (κ1) is 14.3. The van der Waals surface area contributed by atoms with E-state index in [-0.39, 0.29) is 12.1 Å². The molecule has 0 bridgehead atoms. The predicted octanol–water partition coefficient (Wildman–Crippen LogP) is 1.96. The van der Waals surface area contributed by atoms with Crippen LogP contribution in [-0.2, 0) is 0 Å². The van der Waals surface area contributed by atoms with E-state index in [0.29, 0.717) is 12.5 Å². The third-order valence-corrected chi connectivity index (χ3v) is 4.01. The maximum atomic E-state index is 9.95. The van der Waals surface area contributed by atoms with Gasteiger partial charge in [-0.3, -0.25) is 4.98 Å². The summed E-state index contributed by atoms with van der Waals surface area (Å²) in [5.74, 6) is 0.400. The summed E-state index contributed by atoms with van der Waals surface area (Å²) in [6, 6.07) is 4.47. The summed E-state index contributed by atoms with van der Waals surface area (Å²) in [6.07, 6.45) is 2.73. The maximum Gasteiger partial charge on any atom is 0.0741 e. The van der Waals surface area contributed by atoms with Gasteiger partial charge in [0, 0.05) is 19.1 Å². The summed E-state index contributed by atoms with van der Waals surface area (Å²) in [5, 5.41) is 13.3. The summed E-state index contributed by atoms with van der Waals surface area (Å²) in [5.41, 5.74) is 2.18.